The van der Waals surface area contributed by atoms with Crippen LogP contribution in [0.3, 0.4) is 0 Å². The van der Waals surface area contributed by atoms with E-state index in [1.165, 1.54) is 6.07 Å². The van der Waals surface area contributed by atoms with Crippen LogP contribution in [0.4, 0.5) is 0 Å². The maximum Gasteiger partial charge on any atom is 0.347 e. The molecular formula is C17H20O5. The Morgan fingerprint density at radius 3 is 2.64 bits per heavy atom. The molecule has 5 nitrogen and oxygen atoms in total. The number of ether oxygens (including phenoxy) is 2. The van der Waals surface area contributed by atoms with Gasteiger partial charge in [-0.25, -0.2) is 9.59 Å². The zero-order chi connectivity index (χ0) is 16.3. The van der Waals surface area contributed by atoms with Crippen molar-refractivity contribution in [2.45, 2.75) is 46.3 Å². The fraction of sp³-hybridized carbons (Fsp3) is 0.412. The van der Waals surface area contributed by atoms with Crippen LogP contribution in [-0.4, -0.2) is 18.2 Å². The molecule has 0 bridgehead atoms. The second-order valence-electron chi connectivity index (χ2n) is 5.41. The van der Waals surface area contributed by atoms with Gasteiger partial charge in [0.25, 0.3) is 0 Å². The monoisotopic (exact) mass is 304 g/mol. The van der Waals surface area contributed by atoms with Crippen LogP contribution in [0.25, 0.3) is 11.0 Å². The van der Waals surface area contributed by atoms with Gasteiger partial charge in [0, 0.05) is 17.5 Å². The fourth-order valence-electron chi connectivity index (χ4n) is 2.15. The smallest absolute Gasteiger partial charge is 0.347 e. The topological polar surface area (TPSA) is 65.7 Å². The zero-order valence-electron chi connectivity index (χ0n) is 13.2. The van der Waals surface area contributed by atoms with E-state index in [0.29, 0.717) is 17.8 Å². The highest BCUT2D eigenvalue weighted by Gasteiger charge is 2.21. The van der Waals surface area contributed by atoms with Gasteiger partial charge in [-0.15, -0.1) is 0 Å². The highest BCUT2D eigenvalue weighted by Crippen LogP contribution is 2.23. The number of rotatable bonds is 5. The van der Waals surface area contributed by atoms with Crippen molar-refractivity contribution in [2.75, 3.05) is 0 Å². The maximum absolute atomic E-state index is 11.9. The predicted molar refractivity (Wildman–Crippen MR) is 83.2 cm³/mol. The van der Waals surface area contributed by atoms with E-state index >= 15 is 0 Å². The van der Waals surface area contributed by atoms with Crippen LogP contribution >= 0.6 is 0 Å². The predicted octanol–water partition coefficient (Wildman–Crippen LogP) is 3.21. The van der Waals surface area contributed by atoms with Crippen molar-refractivity contribution >= 4 is 16.9 Å². The van der Waals surface area contributed by atoms with Crippen LogP contribution in [0.2, 0.25) is 0 Å². The van der Waals surface area contributed by atoms with Gasteiger partial charge in [-0.3, -0.25) is 0 Å². The average Bonchev–Trinajstić information content (AvgIpc) is 2.43. The molecule has 1 unspecified atom stereocenters. The molecule has 0 fully saturated rings. The summed E-state index contributed by atoms with van der Waals surface area (Å²) in [6, 6.07) is 6.62. The lowest BCUT2D eigenvalue weighted by Crippen LogP contribution is -2.30. The number of aryl methyl sites for hydroxylation is 1. The van der Waals surface area contributed by atoms with Crippen LogP contribution in [0.15, 0.2) is 33.5 Å². The summed E-state index contributed by atoms with van der Waals surface area (Å²) in [7, 11) is 0. The number of esters is 1. The van der Waals surface area contributed by atoms with Gasteiger partial charge >= 0.3 is 11.6 Å². The maximum atomic E-state index is 11.9. The molecule has 0 N–H and O–H groups in total. The number of benzene rings is 1. The molecule has 0 aliphatic heterocycles. The lowest BCUT2D eigenvalue weighted by atomic mass is 10.1. The van der Waals surface area contributed by atoms with Crippen LogP contribution in [-0.2, 0) is 9.53 Å². The van der Waals surface area contributed by atoms with Crippen molar-refractivity contribution in [3.8, 4) is 5.75 Å². The molecule has 0 aliphatic rings. The highest BCUT2D eigenvalue weighted by atomic mass is 16.6. The Morgan fingerprint density at radius 2 is 2.00 bits per heavy atom. The summed E-state index contributed by atoms with van der Waals surface area (Å²) in [5, 5.41) is 0.838. The third-order valence-corrected chi connectivity index (χ3v) is 3.19. The van der Waals surface area contributed by atoms with Gasteiger partial charge in [-0.1, -0.05) is 6.92 Å². The van der Waals surface area contributed by atoms with E-state index in [1.807, 2.05) is 19.9 Å². The van der Waals surface area contributed by atoms with E-state index in [-0.39, 0.29) is 6.10 Å². The molecule has 22 heavy (non-hydrogen) atoms. The quantitative estimate of drug-likeness (QED) is 0.627. The molecule has 118 valence electrons. The molecule has 0 aliphatic carbocycles. The molecule has 0 amide bonds. The van der Waals surface area contributed by atoms with Crippen molar-refractivity contribution in [1.29, 1.82) is 0 Å². The first-order chi connectivity index (χ1) is 10.4. The highest BCUT2D eigenvalue weighted by molar-refractivity contribution is 5.81. The fourth-order valence-corrected chi connectivity index (χ4v) is 2.15. The Balaban J connectivity index is 2.27. The SMILES string of the molecule is CCC(Oc1ccc2c(C)cc(=O)oc2c1)C(=O)OC(C)C. The van der Waals surface area contributed by atoms with E-state index in [2.05, 4.69) is 0 Å². The van der Waals surface area contributed by atoms with E-state index in [1.54, 1.807) is 26.0 Å². The van der Waals surface area contributed by atoms with Gasteiger partial charge in [0.2, 0.25) is 0 Å². The molecule has 2 rings (SSSR count). The molecule has 1 atom stereocenters. The summed E-state index contributed by atoms with van der Waals surface area (Å²) in [4.78, 5) is 23.4. The van der Waals surface area contributed by atoms with Crippen molar-refractivity contribution in [1.82, 2.24) is 0 Å². The minimum absolute atomic E-state index is 0.192. The molecule has 0 saturated carbocycles. The molecule has 0 spiro atoms. The molecule has 2 aromatic rings. The van der Waals surface area contributed by atoms with Crippen molar-refractivity contribution in [3.63, 3.8) is 0 Å². The van der Waals surface area contributed by atoms with E-state index < -0.39 is 17.7 Å². The second kappa shape index (κ2) is 6.64. The van der Waals surface area contributed by atoms with Gasteiger partial charge in [0.1, 0.15) is 11.3 Å². The lowest BCUT2D eigenvalue weighted by molar-refractivity contribution is -0.155. The number of carbonyl (C=O) groups excluding carboxylic acids is 1. The summed E-state index contributed by atoms with van der Waals surface area (Å²) in [5.74, 6) is 0.0668. The first kappa shape index (κ1) is 16.1. The minimum Gasteiger partial charge on any atom is -0.479 e. The average molecular weight is 304 g/mol. The van der Waals surface area contributed by atoms with Crippen molar-refractivity contribution in [2.24, 2.45) is 0 Å². The standard InChI is InChI=1S/C17H20O5/c1-5-14(17(19)20-10(2)3)21-12-6-7-13-11(4)8-16(18)22-15(13)9-12/h6-10,14H,5H2,1-4H3. The summed E-state index contributed by atoms with van der Waals surface area (Å²) < 4.78 is 16.0. The molecule has 1 aromatic heterocycles. The number of carbonyl (C=O) groups is 1. The van der Waals surface area contributed by atoms with Crippen molar-refractivity contribution in [3.05, 3.63) is 40.2 Å². The third-order valence-electron chi connectivity index (χ3n) is 3.19. The first-order valence-corrected chi connectivity index (χ1v) is 7.32. The Hall–Kier alpha value is -2.30. The van der Waals surface area contributed by atoms with Gasteiger partial charge in [0.15, 0.2) is 6.10 Å². The van der Waals surface area contributed by atoms with Gasteiger partial charge < -0.3 is 13.9 Å². The van der Waals surface area contributed by atoms with Crippen LogP contribution in [0, 0.1) is 6.92 Å². The molecule has 0 radical (unpaired) electrons. The molecule has 1 aromatic carbocycles. The number of fused-ring (bicyclic) bond motifs is 1. The summed E-state index contributed by atoms with van der Waals surface area (Å²) in [6.07, 6.45) is -0.389. The summed E-state index contributed by atoms with van der Waals surface area (Å²) in [6.45, 7) is 7.27. The Bertz CT molecular complexity index is 729. The minimum atomic E-state index is -0.684. The molecule has 0 saturated heterocycles. The van der Waals surface area contributed by atoms with E-state index in [9.17, 15) is 9.59 Å². The largest absolute Gasteiger partial charge is 0.479 e. The zero-order valence-corrected chi connectivity index (χ0v) is 13.2. The van der Waals surface area contributed by atoms with Crippen molar-refractivity contribution < 1.29 is 18.7 Å². The second-order valence-corrected chi connectivity index (χ2v) is 5.41. The number of hydrogen-bond acceptors (Lipinski definition) is 5. The summed E-state index contributed by atoms with van der Waals surface area (Å²) >= 11 is 0. The van der Waals surface area contributed by atoms with Crippen LogP contribution < -0.4 is 10.4 Å². The van der Waals surface area contributed by atoms with E-state index in [4.69, 9.17) is 13.9 Å². The Kier molecular flexibility index (Phi) is 4.85. The Morgan fingerprint density at radius 1 is 1.27 bits per heavy atom. The molecule has 5 heteroatoms. The first-order valence-electron chi connectivity index (χ1n) is 7.32. The van der Waals surface area contributed by atoms with E-state index in [0.717, 1.165) is 10.9 Å². The van der Waals surface area contributed by atoms with Crippen LogP contribution in [0.5, 0.6) is 5.75 Å². The van der Waals surface area contributed by atoms with Gasteiger partial charge in [-0.05, 0) is 44.9 Å². The Labute approximate surface area is 128 Å². The van der Waals surface area contributed by atoms with Gasteiger partial charge in [0.05, 0.1) is 6.10 Å². The van der Waals surface area contributed by atoms with Crippen LogP contribution in [0.1, 0.15) is 32.8 Å². The third kappa shape index (κ3) is 3.67. The molecule has 1 heterocycles. The lowest BCUT2D eigenvalue weighted by Gasteiger charge is -2.18. The van der Waals surface area contributed by atoms with Gasteiger partial charge in [-0.2, -0.15) is 0 Å². The number of hydrogen-bond donors (Lipinski definition) is 0. The molecular weight excluding hydrogens is 284 g/mol. The summed E-state index contributed by atoms with van der Waals surface area (Å²) in [5.41, 5.74) is 0.868. The normalized spacial score (nSPS) is 12.4.